The zero-order valence-electron chi connectivity index (χ0n) is 9.53. The van der Waals surface area contributed by atoms with Gasteiger partial charge in [0, 0.05) is 18.4 Å². The molecule has 0 aliphatic rings. The van der Waals surface area contributed by atoms with Crippen molar-refractivity contribution in [2.75, 3.05) is 6.54 Å². The zero-order chi connectivity index (χ0) is 11.1. The predicted octanol–water partition coefficient (Wildman–Crippen LogP) is 2.46. The molecule has 1 atom stereocenters. The van der Waals surface area contributed by atoms with E-state index in [1.54, 1.807) is 0 Å². The Kier molecular flexibility index (Phi) is 4.92. The first-order valence-electron chi connectivity index (χ1n) is 5.57. The van der Waals surface area contributed by atoms with E-state index in [0.717, 1.165) is 13.0 Å². The normalized spacial score (nSPS) is 12.3. The van der Waals surface area contributed by atoms with Gasteiger partial charge in [0.15, 0.2) is 0 Å². The lowest BCUT2D eigenvalue weighted by Gasteiger charge is -2.15. The standard InChI is InChI=1S/C12H19N3/c1-3-5-12(14-4-2)11-6-8-15(10-11)9-7-13/h6,8,10,12,14H,3-5,9H2,1-2H3. The first-order valence-corrected chi connectivity index (χ1v) is 5.57. The molecule has 0 spiro atoms. The quantitative estimate of drug-likeness (QED) is 0.775. The Hall–Kier alpha value is -1.27. The molecule has 1 heterocycles. The van der Waals surface area contributed by atoms with Crippen molar-refractivity contribution in [1.82, 2.24) is 9.88 Å². The number of rotatable bonds is 6. The molecule has 0 amide bonds. The summed E-state index contributed by atoms with van der Waals surface area (Å²) in [5.41, 5.74) is 1.29. The molecule has 0 bridgehead atoms. The number of aromatic nitrogens is 1. The minimum absolute atomic E-state index is 0.431. The average molecular weight is 205 g/mol. The van der Waals surface area contributed by atoms with Crippen LogP contribution >= 0.6 is 0 Å². The molecule has 82 valence electrons. The van der Waals surface area contributed by atoms with Crippen LogP contribution in [0.4, 0.5) is 0 Å². The molecule has 0 saturated heterocycles. The number of hydrogen-bond donors (Lipinski definition) is 1. The Bertz CT molecular complexity index is 316. The highest BCUT2D eigenvalue weighted by atomic mass is 15.0. The molecule has 0 aromatic carbocycles. The van der Waals surface area contributed by atoms with E-state index in [0.29, 0.717) is 12.6 Å². The number of nitriles is 1. The molecule has 1 aromatic rings. The minimum Gasteiger partial charge on any atom is -0.340 e. The van der Waals surface area contributed by atoms with Gasteiger partial charge in [0.1, 0.15) is 6.54 Å². The third kappa shape index (κ3) is 3.41. The summed E-state index contributed by atoms with van der Waals surface area (Å²) in [4.78, 5) is 0. The molecular formula is C12H19N3. The van der Waals surface area contributed by atoms with Crippen molar-refractivity contribution in [3.63, 3.8) is 0 Å². The first kappa shape index (κ1) is 11.8. The maximum absolute atomic E-state index is 8.59. The maximum Gasteiger partial charge on any atom is 0.109 e. The molecular weight excluding hydrogens is 186 g/mol. The van der Waals surface area contributed by atoms with Crippen LogP contribution < -0.4 is 5.32 Å². The fourth-order valence-electron chi connectivity index (χ4n) is 1.77. The highest BCUT2D eigenvalue weighted by Gasteiger charge is 2.09. The van der Waals surface area contributed by atoms with Gasteiger partial charge in [-0.3, -0.25) is 0 Å². The second-order valence-electron chi connectivity index (χ2n) is 3.67. The molecule has 3 heteroatoms. The molecule has 0 aliphatic heterocycles. The van der Waals surface area contributed by atoms with Crippen molar-refractivity contribution in [1.29, 1.82) is 5.26 Å². The lowest BCUT2D eigenvalue weighted by Crippen LogP contribution is -2.20. The van der Waals surface area contributed by atoms with Gasteiger partial charge in [0.25, 0.3) is 0 Å². The lowest BCUT2D eigenvalue weighted by atomic mass is 10.1. The van der Waals surface area contributed by atoms with Crippen molar-refractivity contribution in [2.24, 2.45) is 0 Å². The SMILES string of the molecule is CCCC(NCC)c1ccn(CC#N)c1. The molecule has 0 saturated carbocycles. The van der Waals surface area contributed by atoms with E-state index in [1.165, 1.54) is 12.0 Å². The van der Waals surface area contributed by atoms with Gasteiger partial charge in [-0.2, -0.15) is 5.26 Å². The Labute approximate surface area is 91.7 Å². The fourth-order valence-corrected chi connectivity index (χ4v) is 1.77. The fraction of sp³-hybridized carbons (Fsp3) is 0.583. The summed E-state index contributed by atoms with van der Waals surface area (Å²) in [5, 5.41) is 12.0. The Morgan fingerprint density at radius 2 is 2.33 bits per heavy atom. The summed E-state index contributed by atoms with van der Waals surface area (Å²) in [5.74, 6) is 0. The van der Waals surface area contributed by atoms with Crippen molar-refractivity contribution in [2.45, 2.75) is 39.3 Å². The Balaban J connectivity index is 2.68. The molecule has 15 heavy (non-hydrogen) atoms. The summed E-state index contributed by atoms with van der Waals surface area (Å²) in [6, 6.07) is 4.67. The highest BCUT2D eigenvalue weighted by molar-refractivity contribution is 5.15. The Morgan fingerprint density at radius 3 is 2.93 bits per heavy atom. The van der Waals surface area contributed by atoms with Gasteiger partial charge in [-0.05, 0) is 24.6 Å². The van der Waals surface area contributed by atoms with Crippen LogP contribution in [-0.2, 0) is 6.54 Å². The van der Waals surface area contributed by atoms with Crippen molar-refractivity contribution < 1.29 is 0 Å². The van der Waals surface area contributed by atoms with E-state index in [4.69, 9.17) is 5.26 Å². The van der Waals surface area contributed by atoms with E-state index in [2.05, 4.69) is 37.5 Å². The summed E-state index contributed by atoms with van der Waals surface area (Å²) >= 11 is 0. The van der Waals surface area contributed by atoms with Crippen molar-refractivity contribution in [3.05, 3.63) is 24.0 Å². The van der Waals surface area contributed by atoms with Crippen LogP contribution in [0, 0.1) is 11.3 Å². The number of nitrogens with one attached hydrogen (secondary N) is 1. The Morgan fingerprint density at radius 1 is 1.53 bits per heavy atom. The van der Waals surface area contributed by atoms with Gasteiger partial charge in [-0.25, -0.2) is 0 Å². The monoisotopic (exact) mass is 205 g/mol. The molecule has 1 N–H and O–H groups in total. The van der Waals surface area contributed by atoms with Gasteiger partial charge in [-0.15, -0.1) is 0 Å². The molecule has 0 fully saturated rings. The third-order valence-corrected chi connectivity index (χ3v) is 2.46. The van der Waals surface area contributed by atoms with Crippen LogP contribution in [0.2, 0.25) is 0 Å². The van der Waals surface area contributed by atoms with Crippen LogP contribution in [0.15, 0.2) is 18.5 Å². The van der Waals surface area contributed by atoms with Gasteiger partial charge in [0.05, 0.1) is 6.07 Å². The van der Waals surface area contributed by atoms with Gasteiger partial charge in [0.2, 0.25) is 0 Å². The van der Waals surface area contributed by atoms with Crippen molar-refractivity contribution >= 4 is 0 Å². The van der Waals surface area contributed by atoms with Crippen LogP contribution in [0.25, 0.3) is 0 Å². The van der Waals surface area contributed by atoms with E-state index < -0.39 is 0 Å². The largest absolute Gasteiger partial charge is 0.340 e. The molecule has 1 aromatic heterocycles. The van der Waals surface area contributed by atoms with Gasteiger partial charge in [-0.1, -0.05) is 20.3 Å². The summed E-state index contributed by atoms with van der Waals surface area (Å²) < 4.78 is 1.93. The molecule has 1 unspecified atom stereocenters. The van der Waals surface area contributed by atoms with Crippen molar-refractivity contribution in [3.8, 4) is 6.07 Å². The predicted molar refractivity (Wildman–Crippen MR) is 61.4 cm³/mol. The van der Waals surface area contributed by atoms with Crippen LogP contribution in [0.1, 0.15) is 38.3 Å². The van der Waals surface area contributed by atoms with E-state index in [9.17, 15) is 0 Å². The summed E-state index contributed by atoms with van der Waals surface area (Å²) in [6.07, 6.45) is 6.34. The lowest BCUT2D eigenvalue weighted by molar-refractivity contribution is 0.509. The number of hydrogen-bond acceptors (Lipinski definition) is 2. The van der Waals surface area contributed by atoms with Gasteiger partial charge < -0.3 is 9.88 Å². The van der Waals surface area contributed by atoms with Crippen LogP contribution in [0.3, 0.4) is 0 Å². The smallest absolute Gasteiger partial charge is 0.109 e. The third-order valence-electron chi connectivity index (χ3n) is 2.46. The summed E-state index contributed by atoms with van der Waals surface area (Å²) in [7, 11) is 0. The molecule has 0 aliphatic carbocycles. The molecule has 3 nitrogen and oxygen atoms in total. The molecule has 1 rings (SSSR count). The maximum atomic E-state index is 8.59. The topological polar surface area (TPSA) is 40.8 Å². The van der Waals surface area contributed by atoms with Crippen LogP contribution in [0.5, 0.6) is 0 Å². The average Bonchev–Trinajstić information content (AvgIpc) is 2.67. The summed E-state index contributed by atoms with van der Waals surface area (Å²) in [6.45, 7) is 5.73. The second-order valence-corrected chi connectivity index (χ2v) is 3.67. The van der Waals surface area contributed by atoms with Crippen LogP contribution in [-0.4, -0.2) is 11.1 Å². The minimum atomic E-state index is 0.431. The van der Waals surface area contributed by atoms with E-state index in [1.807, 2.05) is 10.8 Å². The second kappa shape index (κ2) is 6.26. The number of nitrogens with zero attached hydrogens (tertiary/aromatic N) is 2. The first-order chi connectivity index (χ1) is 7.31. The van der Waals surface area contributed by atoms with E-state index >= 15 is 0 Å². The van der Waals surface area contributed by atoms with E-state index in [-0.39, 0.29) is 0 Å². The zero-order valence-corrected chi connectivity index (χ0v) is 9.53. The highest BCUT2D eigenvalue weighted by Crippen LogP contribution is 2.18. The molecule has 0 radical (unpaired) electrons. The van der Waals surface area contributed by atoms with Gasteiger partial charge >= 0.3 is 0 Å².